The van der Waals surface area contributed by atoms with E-state index >= 15 is 0 Å². The highest BCUT2D eigenvalue weighted by atomic mass is 16.6. The number of ether oxygens (including phenoxy) is 2. The number of aromatic hydroxyl groups is 1. The molecule has 2 fully saturated rings. The maximum absolute atomic E-state index is 12.9. The van der Waals surface area contributed by atoms with Gasteiger partial charge in [-0.1, -0.05) is 26.8 Å². The van der Waals surface area contributed by atoms with Crippen LogP contribution in [0.3, 0.4) is 0 Å². The maximum atomic E-state index is 12.9. The second-order valence-electron chi connectivity index (χ2n) is 10.2. The third kappa shape index (κ3) is 2.79. The summed E-state index contributed by atoms with van der Waals surface area (Å²) < 4.78 is 10.7. The highest BCUT2D eigenvalue weighted by Gasteiger charge is 2.74. The minimum Gasteiger partial charge on any atom is -0.507 e. The second kappa shape index (κ2) is 6.81. The number of carbonyl (C=O) groups is 2. The number of allylic oxidation sites excluding steroid dienone is 1. The molecule has 7 heteroatoms. The molecule has 3 aliphatic rings. The lowest BCUT2D eigenvalue weighted by Gasteiger charge is -2.64. The Bertz CT molecular complexity index is 957. The lowest BCUT2D eigenvalue weighted by Crippen LogP contribution is -2.74. The van der Waals surface area contributed by atoms with Gasteiger partial charge in [-0.2, -0.15) is 0 Å². The fourth-order valence-corrected chi connectivity index (χ4v) is 6.31. The molecular formula is C24H30O7. The summed E-state index contributed by atoms with van der Waals surface area (Å²) >= 11 is 0. The molecule has 3 N–H and O–H groups in total. The van der Waals surface area contributed by atoms with Gasteiger partial charge in [-0.05, 0) is 42.7 Å². The number of aldehydes is 1. The van der Waals surface area contributed by atoms with Crippen molar-refractivity contribution in [2.45, 2.75) is 58.3 Å². The van der Waals surface area contributed by atoms with Crippen LogP contribution in [0.4, 0.5) is 0 Å². The van der Waals surface area contributed by atoms with Crippen molar-refractivity contribution in [2.24, 2.45) is 22.7 Å². The van der Waals surface area contributed by atoms with E-state index < -0.39 is 29.2 Å². The molecule has 0 bridgehead atoms. The Balaban J connectivity index is 1.66. The van der Waals surface area contributed by atoms with Gasteiger partial charge in [0, 0.05) is 23.0 Å². The summed E-state index contributed by atoms with van der Waals surface area (Å²) in [6, 6.07) is 2.93. The first-order chi connectivity index (χ1) is 14.4. The highest BCUT2D eigenvalue weighted by Crippen LogP contribution is 2.68. The normalized spacial score (nSPS) is 37.7. The first-order valence-corrected chi connectivity index (χ1v) is 10.6. The molecule has 4 rings (SSSR count). The molecule has 0 aromatic heterocycles. The van der Waals surface area contributed by atoms with E-state index in [0.29, 0.717) is 30.4 Å². The van der Waals surface area contributed by atoms with Crippen LogP contribution in [0, 0.1) is 29.6 Å². The average molecular weight is 430 g/mol. The van der Waals surface area contributed by atoms with Crippen molar-refractivity contribution >= 4 is 12.3 Å². The number of aryl methyl sites for hydroxylation is 1. The van der Waals surface area contributed by atoms with Crippen molar-refractivity contribution in [1.82, 2.24) is 0 Å². The number of benzene rings is 1. The molecule has 7 nitrogen and oxygen atoms in total. The summed E-state index contributed by atoms with van der Waals surface area (Å²) in [7, 11) is 1.46. The predicted molar refractivity (Wildman–Crippen MR) is 112 cm³/mol. The van der Waals surface area contributed by atoms with E-state index in [9.17, 15) is 24.9 Å². The topological polar surface area (TPSA) is 113 Å². The molecule has 1 aromatic carbocycles. The fourth-order valence-electron chi connectivity index (χ4n) is 6.31. The maximum Gasteiger partial charge on any atom is 0.342 e. The lowest BCUT2D eigenvalue weighted by atomic mass is 9.44. The van der Waals surface area contributed by atoms with Crippen LogP contribution in [0.5, 0.6) is 11.5 Å². The molecule has 0 heterocycles. The second-order valence-corrected chi connectivity index (χ2v) is 10.2. The smallest absolute Gasteiger partial charge is 0.342 e. The van der Waals surface area contributed by atoms with Gasteiger partial charge in [0.25, 0.3) is 0 Å². The Morgan fingerprint density at radius 1 is 1.23 bits per heavy atom. The summed E-state index contributed by atoms with van der Waals surface area (Å²) in [4.78, 5) is 24.8. The van der Waals surface area contributed by atoms with Crippen LogP contribution in [-0.4, -0.2) is 52.5 Å². The highest BCUT2D eigenvalue weighted by molar-refractivity contribution is 5.94. The van der Waals surface area contributed by atoms with E-state index in [4.69, 9.17) is 9.47 Å². The van der Waals surface area contributed by atoms with Crippen molar-refractivity contribution in [3.05, 3.63) is 34.9 Å². The number of hydrogen-bond acceptors (Lipinski definition) is 7. The number of esters is 1. The Morgan fingerprint density at radius 2 is 1.90 bits per heavy atom. The zero-order valence-electron chi connectivity index (χ0n) is 18.5. The van der Waals surface area contributed by atoms with Crippen LogP contribution < -0.4 is 4.74 Å². The molecule has 1 unspecified atom stereocenters. The molecule has 1 aromatic rings. The van der Waals surface area contributed by atoms with Gasteiger partial charge >= 0.3 is 5.97 Å². The number of aliphatic hydroxyl groups excluding tert-OH is 1. The molecule has 3 aliphatic carbocycles. The summed E-state index contributed by atoms with van der Waals surface area (Å²) in [5.74, 6) is -0.928. The molecule has 31 heavy (non-hydrogen) atoms. The van der Waals surface area contributed by atoms with E-state index in [1.54, 1.807) is 19.1 Å². The van der Waals surface area contributed by atoms with Crippen molar-refractivity contribution in [3.63, 3.8) is 0 Å². The van der Waals surface area contributed by atoms with Crippen molar-refractivity contribution in [3.8, 4) is 11.5 Å². The van der Waals surface area contributed by atoms with Crippen molar-refractivity contribution in [2.75, 3.05) is 7.11 Å². The Hall–Kier alpha value is -2.38. The fraction of sp³-hybridized carbons (Fsp3) is 0.583. The zero-order valence-corrected chi connectivity index (χ0v) is 18.5. The van der Waals surface area contributed by atoms with Crippen molar-refractivity contribution in [1.29, 1.82) is 0 Å². The number of rotatable bonds is 4. The summed E-state index contributed by atoms with van der Waals surface area (Å²) in [5, 5.41) is 33.0. The van der Waals surface area contributed by atoms with E-state index in [2.05, 4.69) is 0 Å². The Morgan fingerprint density at radius 3 is 2.48 bits per heavy atom. The quantitative estimate of drug-likeness (QED) is 0.497. The third-order valence-corrected chi connectivity index (χ3v) is 7.98. The largest absolute Gasteiger partial charge is 0.507 e. The Kier molecular flexibility index (Phi) is 4.80. The number of phenols is 1. The van der Waals surface area contributed by atoms with Gasteiger partial charge in [-0.15, -0.1) is 0 Å². The van der Waals surface area contributed by atoms with Crippen LogP contribution in [0.25, 0.3) is 0 Å². The number of fused-ring (bicyclic) bond motifs is 3. The van der Waals surface area contributed by atoms with E-state index in [0.717, 1.165) is 0 Å². The first kappa shape index (κ1) is 21.8. The van der Waals surface area contributed by atoms with Crippen LogP contribution in [-0.2, 0) is 9.53 Å². The Labute approximate surface area is 181 Å². The first-order valence-electron chi connectivity index (χ1n) is 10.6. The van der Waals surface area contributed by atoms with Gasteiger partial charge in [0.1, 0.15) is 35.1 Å². The lowest BCUT2D eigenvalue weighted by molar-refractivity contribution is -0.257. The molecule has 0 aliphatic heterocycles. The summed E-state index contributed by atoms with van der Waals surface area (Å²) in [6.45, 7) is 7.47. The zero-order chi connectivity index (χ0) is 22.9. The molecular weight excluding hydrogens is 400 g/mol. The molecule has 0 saturated heterocycles. The number of hydrogen-bond donors (Lipinski definition) is 3. The molecule has 6 atom stereocenters. The predicted octanol–water partition coefficient (Wildman–Crippen LogP) is 2.54. The molecule has 168 valence electrons. The minimum absolute atomic E-state index is 0.00893. The van der Waals surface area contributed by atoms with Gasteiger partial charge in [0.05, 0.1) is 13.2 Å². The monoisotopic (exact) mass is 430 g/mol. The van der Waals surface area contributed by atoms with E-state index in [1.165, 1.54) is 13.2 Å². The van der Waals surface area contributed by atoms with E-state index in [1.807, 2.05) is 20.8 Å². The number of phenolic OH excluding ortho intramolecular Hbond substituents is 1. The van der Waals surface area contributed by atoms with Crippen molar-refractivity contribution < 1.29 is 34.4 Å². The summed E-state index contributed by atoms with van der Waals surface area (Å²) in [5.41, 5.74) is -2.19. The number of carbonyl (C=O) groups excluding carboxylic acids is 2. The molecule has 2 saturated carbocycles. The van der Waals surface area contributed by atoms with Crippen LogP contribution in [0.2, 0.25) is 0 Å². The van der Waals surface area contributed by atoms with E-state index in [-0.39, 0.29) is 34.1 Å². The molecule has 0 radical (unpaired) electrons. The van der Waals surface area contributed by atoms with Crippen LogP contribution in [0.1, 0.15) is 49.5 Å². The number of methoxy groups -OCH3 is 1. The minimum atomic E-state index is -1.69. The van der Waals surface area contributed by atoms with Gasteiger partial charge in [0.2, 0.25) is 0 Å². The standard InChI is InChI=1S/C24H30O7/c1-12-6-15(30-5)8-16(26)18(12)21(28)31-17-10-23(4)19-13(9-22(2,3)20(19)27)7-14(11-25)24(17,23)29/h6-8,11,13,17,19-20,26-27,29H,9-10H2,1-5H3/t13-,17-,19?,20-,23-,24+/m1/s1. The van der Waals surface area contributed by atoms with Gasteiger partial charge < -0.3 is 24.8 Å². The number of aliphatic hydroxyl groups is 2. The molecule has 0 spiro atoms. The van der Waals surface area contributed by atoms with Gasteiger partial charge in [-0.3, -0.25) is 4.79 Å². The average Bonchev–Trinajstić information content (AvgIpc) is 2.92. The molecule has 0 amide bonds. The van der Waals surface area contributed by atoms with Gasteiger partial charge in [-0.25, -0.2) is 4.79 Å². The third-order valence-electron chi connectivity index (χ3n) is 7.98. The van der Waals surface area contributed by atoms with Gasteiger partial charge in [0.15, 0.2) is 0 Å². The van der Waals surface area contributed by atoms with Crippen LogP contribution >= 0.6 is 0 Å². The van der Waals surface area contributed by atoms with Crippen LogP contribution in [0.15, 0.2) is 23.8 Å². The summed E-state index contributed by atoms with van der Waals surface area (Å²) in [6.07, 6.45) is 1.79. The SMILES string of the molecule is COc1cc(C)c(C(=O)O[C@@H]2C[C@]3(C)C4[C@H](C=C(C=O)[C@]23O)CC(C)(C)[C@@H]4O)c(O)c1.